The van der Waals surface area contributed by atoms with Crippen molar-refractivity contribution >= 4 is 6.29 Å². The Morgan fingerprint density at radius 3 is 2.67 bits per heavy atom. The van der Waals surface area contributed by atoms with E-state index in [1.54, 1.807) is 0 Å². The third kappa shape index (κ3) is 4.43. The molecule has 2 unspecified atom stereocenters. The Balaban J connectivity index is 3.69. The maximum atomic E-state index is 10.0. The smallest absolute Gasteiger partial charge is 0.122 e. The minimum atomic E-state index is -0.890. The summed E-state index contributed by atoms with van der Waals surface area (Å²) in [6.45, 7) is 2.16. The van der Waals surface area contributed by atoms with Gasteiger partial charge in [-0.15, -0.1) is 0 Å². The van der Waals surface area contributed by atoms with E-state index in [1.165, 1.54) is 0 Å². The van der Waals surface area contributed by atoms with Crippen LogP contribution in [0.1, 0.15) is 19.8 Å². The lowest BCUT2D eigenvalue weighted by atomic mass is 10.1. The van der Waals surface area contributed by atoms with E-state index in [0.717, 1.165) is 6.42 Å². The summed E-state index contributed by atoms with van der Waals surface area (Å²) in [6, 6.07) is 0. The third-order valence-corrected chi connectivity index (χ3v) is 1.48. The van der Waals surface area contributed by atoms with Crippen molar-refractivity contribution in [1.82, 2.24) is 0 Å². The molecule has 0 heterocycles. The van der Waals surface area contributed by atoms with Gasteiger partial charge in [-0.2, -0.15) is 0 Å². The van der Waals surface area contributed by atoms with Gasteiger partial charge in [0, 0.05) is 13.0 Å². The van der Waals surface area contributed by atoms with Crippen molar-refractivity contribution in [1.29, 1.82) is 0 Å². The van der Waals surface area contributed by atoms with Crippen LogP contribution >= 0.6 is 0 Å². The van der Waals surface area contributed by atoms with Gasteiger partial charge < -0.3 is 19.7 Å². The average Bonchev–Trinajstić information content (AvgIpc) is 2.06. The lowest BCUT2D eigenvalue weighted by Gasteiger charge is -2.19. The molecule has 0 amide bonds. The van der Waals surface area contributed by atoms with Crippen LogP contribution in [-0.2, 0) is 9.53 Å². The molecule has 4 nitrogen and oxygen atoms in total. The van der Waals surface area contributed by atoms with Crippen LogP contribution in [0.5, 0.6) is 0 Å². The Morgan fingerprint density at radius 2 is 2.25 bits per heavy atom. The van der Waals surface area contributed by atoms with Crippen molar-refractivity contribution < 1.29 is 19.7 Å². The number of carbonyl (C=O) groups excluding carboxylic acids is 1. The van der Waals surface area contributed by atoms with Crippen LogP contribution in [0.4, 0.5) is 0 Å². The van der Waals surface area contributed by atoms with Crippen molar-refractivity contribution in [3.8, 4) is 0 Å². The highest BCUT2D eigenvalue weighted by molar-refractivity contribution is 5.50. The topological polar surface area (TPSA) is 66.8 Å². The Hall–Kier alpha value is -0.450. The monoisotopic (exact) mass is 176 g/mol. The molecule has 0 aromatic heterocycles. The van der Waals surface area contributed by atoms with Gasteiger partial charge in [0.1, 0.15) is 12.4 Å². The molecule has 0 fully saturated rings. The predicted octanol–water partition coefficient (Wildman–Crippen LogP) is -0.276. The van der Waals surface area contributed by atoms with Crippen LogP contribution in [0.25, 0.3) is 0 Å². The minimum absolute atomic E-state index is 0.00887. The number of hydrogen-bond acceptors (Lipinski definition) is 4. The van der Waals surface area contributed by atoms with Crippen LogP contribution in [0, 0.1) is 0 Å². The quantitative estimate of drug-likeness (QED) is 0.524. The molecule has 0 aliphatic heterocycles. The number of aliphatic hydroxyl groups is 2. The number of carbonyl (C=O) groups is 1. The van der Waals surface area contributed by atoms with E-state index in [4.69, 9.17) is 9.84 Å². The first kappa shape index (κ1) is 11.6. The summed E-state index contributed by atoms with van der Waals surface area (Å²) in [5, 5.41) is 18.0. The van der Waals surface area contributed by atoms with Gasteiger partial charge in [0.2, 0.25) is 0 Å². The molecule has 0 radical (unpaired) electrons. The summed E-state index contributed by atoms with van der Waals surface area (Å²) in [5.74, 6) is 0. The fourth-order valence-corrected chi connectivity index (χ4v) is 0.805. The zero-order valence-corrected chi connectivity index (χ0v) is 7.27. The Kier molecular flexibility index (Phi) is 6.94. The lowest BCUT2D eigenvalue weighted by molar-refractivity contribution is -0.114. The highest BCUT2D eigenvalue weighted by atomic mass is 16.5. The predicted molar refractivity (Wildman–Crippen MR) is 43.8 cm³/mol. The van der Waals surface area contributed by atoms with Crippen molar-refractivity contribution in [2.75, 3.05) is 13.2 Å². The maximum absolute atomic E-state index is 10.0. The van der Waals surface area contributed by atoms with Crippen LogP contribution in [0.3, 0.4) is 0 Å². The zero-order chi connectivity index (χ0) is 9.40. The molecule has 0 aromatic rings. The van der Waals surface area contributed by atoms with Crippen LogP contribution in [-0.4, -0.2) is 41.9 Å². The van der Waals surface area contributed by atoms with E-state index in [2.05, 4.69) is 0 Å². The SMILES string of the molecule is CCCOC(CO)C(O)CC=O. The number of hydrogen-bond donors (Lipinski definition) is 2. The lowest BCUT2D eigenvalue weighted by Crippen LogP contribution is -2.33. The van der Waals surface area contributed by atoms with Gasteiger partial charge >= 0.3 is 0 Å². The maximum Gasteiger partial charge on any atom is 0.122 e. The largest absolute Gasteiger partial charge is 0.394 e. The van der Waals surface area contributed by atoms with Gasteiger partial charge in [-0.3, -0.25) is 0 Å². The van der Waals surface area contributed by atoms with E-state index >= 15 is 0 Å². The first-order valence-electron chi connectivity index (χ1n) is 4.10. The molecule has 0 aliphatic rings. The number of aldehydes is 1. The molecule has 12 heavy (non-hydrogen) atoms. The first-order valence-corrected chi connectivity index (χ1v) is 4.10. The standard InChI is InChI=1S/C8H16O4/c1-2-5-12-8(6-10)7(11)3-4-9/h4,7-8,10-11H,2-3,5-6H2,1H3. The molecule has 4 heteroatoms. The molecule has 0 aliphatic carbocycles. The Bertz CT molecular complexity index is 116. The molecular formula is C8H16O4. The fraction of sp³-hybridized carbons (Fsp3) is 0.875. The summed E-state index contributed by atoms with van der Waals surface area (Å²) >= 11 is 0. The van der Waals surface area contributed by atoms with Crippen LogP contribution in [0.2, 0.25) is 0 Å². The minimum Gasteiger partial charge on any atom is -0.394 e. The normalized spacial score (nSPS) is 15.6. The first-order chi connectivity index (χ1) is 5.76. The second-order valence-corrected chi connectivity index (χ2v) is 2.56. The second kappa shape index (κ2) is 7.21. The summed E-state index contributed by atoms with van der Waals surface area (Å²) in [5.41, 5.74) is 0. The van der Waals surface area contributed by atoms with E-state index in [1.807, 2.05) is 6.92 Å². The van der Waals surface area contributed by atoms with Gasteiger partial charge in [-0.25, -0.2) is 0 Å². The van der Waals surface area contributed by atoms with E-state index in [-0.39, 0.29) is 13.0 Å². The van der Waals surface area contributed by atoms with Crippen LogP contribution in [0.15, 0.2) is 0 Å². The van der Waals surface area contributed by atoms with Crippen molar-refractivity contribution in [3.05, 3.63) is 0 Å². The summed E-state index contributed by atoms with van der Waals surface area (Å²) in [6.07, 6.45) is -0.0729. The van der Waals surface area contributed by atoms with Gasteiger partial charge in [0.25, 0.3) is 0 Å². The number of aliphatic hydroxyl groups excluding tert-OH is 2. The molecule has 0 spiro atoms. The summed E-state index contributed by atoms with van der Waals surface area (Å²) in [7, 11) is 0. The van der Waals surface area contributed by atoms with E-state index in [0.29, 0.717) is 12.9 Å². The van der Waals surface area contributed by atoms with E-state index in [9.17, 15) is 9.90 Å². The molecule has 2 atom stereocenters. The second-order valence-electron chi connectivity index (χ2n) is 2.56. The zero-order valence-electron chi connectivity index (χ0n) is 7.27. The number of rotatable bonds is 7. The fourth-order valence-electron chi connectivity index (χ4n) is 0.805. The average molecular weight is 176 g/mol. The molecule has 0 saturated carbocycles. The third-order valence-electron chi connectivity index (χ3n) is 1.48. The van der Waals surface area contributed by atoms with E-state index < -0.39 is 12.2 Å². The molecule has 2 N–H and O–H groups in total. The van der Waals surface area contributed by atoms with Crippen molar-refractivity contribution in [2.45, 2.75) is 32.0 Å². The van der Waals surface area contributed by atoms with Gasteiger partial charge in [-0.05, 0) is 6.42 Å². The number of ether oxygens (including phenoxy) is 1. The van der Waals surface area contributed by atoms with Crippen LogP contribution < -0.4 is 0 Å². The summed E-state index contributed by atoms with van der Waals surface area (Å²) < 4.78 is 5.10. The Morgan fingerprint density at radius 1 is 1.58 bits per heavy atom. The molecule has 0 aromatic carbocycles. The van der Waals surface area contributed by atoms with Crippen molar-refractivity contribution in [3.63, 3.8) is 0 Å². The van der Waals surface area contributed by atoms with Gasteiger partial charge in [0.15, 0.2) is 0 Å². The highest BCUT2D eigenvalue weighted by Crippen LogP contribution is 2.02. The van der Waals surface area contributed by atoms with Gasteiger partial charge in [-0.1, -0.05) is 6.92 Å². The Labute approximate surface area is 72.2 Å². The molecule has 0 bridgehead atoms. The molecular weight excluding hydrogens is 160 g/mol. The molecule has 72 valence electrons. The van der Waals surface area contributed by atoms with Crippen molar-refractivity contribution in [2.24, 2.45) is 0 Å². The molecule has 0 saturated heterocycles. The molecule has 0 rings (SSSR count). The summed E-state index contributed by atoms with van der Waals surface area (Å²) in [4.78, 5) is 10.0. The van der Waals surface area contributed by atoms with Gasteiger partial charge in [0.05, 0.1) is 12.7 Å². The highest BCUT2D eigenvalue weighted by Gasteiger charge is 2.17.